The van der Waals surface area contributed by atoms with Crippen molar-refractivity contribution in [3.8, 4) is 0 Å². The molecular weight excluding hydrogens is 210 g/mol. The van der Waals surface area contributed by atoms with Gasteiger partial charge in [0.1, 0.15) is 0 Å². The normalized spacial score (nSPS) is 16.5. The summed E-state index contributed by atoms with van der Waals surface area (Å²) in [5.41, 5.74) is 0. The summed E-state index contributed by atoms with van der Waals surface area (Å²) >= 11 is 1.24. The van der Waals surface area contributed by atoms with Crippen molar-refractivity contribution in [2.24, 2.45) is 0 Å². The maximum absolute atomic E-state index is 11.7. The van der Waals surface area contributed by atoms with Crippen LogP contribution in [-0.2, 0) is 0 Å². The molecule has 4 heteroatoms. The fourth-order valence-electron chi connectivity index (χ4n) is 1.86. The molecule has 0 bridgehead atoms. The summed E-state index contributed by atoms with van der Waals surface area (Å²) in [6.07, 6.45) is 5.34. The Hall–Kier alpha value is -1.16. The lowest BCUT2D eigenvalue weighted by molar-refractivity contribution is 0.0942. The number of carbonyl (C=O) groups is 2. The molecule has 1 aromatic heterocycles. The van der Waals surface area contributed by atoms with Crippen molar-refractivity contribution in [2.75, 3.05) is 0 Å². The summed E-state index contributed by atoms with van der Waals surface area (Å²) in [6.45, 7) is 0. The highest BCUT2D eigenvalue weighted by atomic mass is 32.1. The summed E-state index contributed by atoms with van der Waals surface area (Å²) in [5.74, 6) is -0.0417. The van der Waals surface area contributed by atoms with Crippen molar-refractivity contribution in [3.63, 3.8) is 0 Å². The first-order valence-electron chi connectivity index (χ1n) is 5.15. The van der Waals surface area contributed by atoms with Gasteiger partial charge in [-0.05, 0) is 25.0 Å². The van der Waals surface area contributed by atoms with Crippen LogP contribution in [-0.4, -0.2) is 18.2 Å². The van der Waals surface area contributed by atoms with Crippen LogP contribution in [0.15, 0.2) is 12.1 Å². The van der Waals surface area contributed by atoms with Crippen molar-refractivity contribution >= 4 is 23.5 Å². The van der Waals surface area contributed by atoms with Crippen LogP contribution in [0, 0.1) is 0 Å². The van der Waals surface area contributed by atoms with Gasteiger partial charge in [-0.15, -0.1) is 11.3 Å². The third kappa shape index (κ3) is 2.45. The Labute approximate surface area is 92.5 Å². The summed E-state index contributed by atoms with van der Waals surface area (Å²) in [6, 6.07) is 3.72. The van der Waals surface area contributed by atoms with E-state index in [2.05, 4.69) is 5.32 Å². The highest BCUT2D eigenvalue weighted by molar-refractivity contribution is 7.15. The molecule has 1 aliphatic rings. The van der Waals surface area contributed by atoms with Gasteiger partial charge in [-0.3, -0.25) is 9.59 Å². The van der Waals surface area contributed by atoms with E-state index >= 15 is 0 Å². The van der Waals surface area contributed by atoms with Crippen molar-refractivity contribution in [2.45, 2.75) is 31.7 Å². The van der Waals surface area contributed by atoms with E-state index in [1.54, 1.807) is 12.1 Å². The average Bonchev–Trinajstić information content (AvgIpc) is 2.86. The molecule has 0 atom stereocenters. The molecule has 80 valence electrons. The van der Waals surface area contributed by atoms with Gasteiger partial charge in [0.15, 0.2) is 6.29 Å². The number of aldehydes is 1. The van der Waals surface area contributed by atoms with Gasteiger partial charge in [-0.25, -0.2) is 0 Å². The summed E-state index contributed by atoms with van der Waals surface area (Å²) in [7, 11) is 0. The van der Waals surface area contributed by atoms with Gasteiger partial charge in [-0.1, -0.05) is 12.8 Å². The quantitative estimate of drug-likeness (QED) is 0.799. The van der Waals surface area contributed by atoms with Crippen molar-refractivity contribution in [1.82, 2.24) is 5.32 Å². The van der Waals surface area contributed by atoms with Gasteiger partial charge in [-0.2, -0.15) is 0 Å². The fraction of sp³-hybridized carbons (Fsp3) is 0.455. The van der Waals surface area contributed by atoms with E-state index in [1.807, 2.05) is 0 Å². The smallest absolute Gasteiger partial charge is 0.261 e. The molecule has 1 heterocycles. The molecule has 0 aromatic carbocycles. The van der Waals surface area contributed by atoms with Gasteiger partial charge < -0.3 is 5.32 Å². The minimum atomic E-state index is -0.0417. The van der Waals surface area contributed by atoms with E-state index < -0.39 is 0 Å². The molecule has 0 aliphatic heterocycles. The first-order valence-corrected chi connectivity index (χ1v) is 5.97. The predicted octanol–water partition coefficient (Wildman–Crippen LogP) is 2.23. The second kappa shape index (κ2) is 4.57. The van der Waals surface area contributed by atoms with E-state index in [4.69, 9.17) is 0 Å². The number of hydrogen-bond acceptors (Lipinski definition) is 3. The number of hydrogen-bond donors (Lipinski definition) is 1. The third-order valence-corrected chi connectivity index (χ3v) is 3.67. The third-order valence-electron chi connectivity index (χ3n) is 2.66. The monoisotopic (exact) mass is 223 g/mol. The molecule has 0 saturated heterocycles. The van der Waals surface area contributed by atoms with Crippen LogP contribution in [0.25, 0.3) is 0 Å². The molecule has 0 unspecified atom stereocenters. The average molecular weight is 223 g/mol. The van der Waals surface area contributed by atoms with Crippen molar-refractivity contribution in [1.29, 1.82) is 0 Å². The number of nitrogens with one attached hydrogen (secondary N) is 1. The highest BCUT2D eigenvalue weighted by Crippen LogP contribution is 2.19. The Morgan fingerprint density at radius 3 is 2.73 bits per heavy atom. The summed E-state index contributed by atoms with van der Waals surface area (Å²) in [5, 5.41) is 2.99. The molecule has 15 heavy (non-hydrogen) atoms. The van der Waals surface area contributed by atoms with Crippen LogP contribution in [0.3, 0.4) is 0 Å². The topological polar surface area (TPSA) is 46.2 Å². The van der Waals surface area contributed by atoms with Gasteiger partial charge in [0, 0.05) is 6.04 Å². The maximum Gasteiger partial charge on any atom is 0.261 e. The molecule has 1 saturated carbocycles. The molecule has 1 aromatic rings. The number of thiophene rings is 1. The lowest BCUT2D eigenvalue weighted by atomic mass is 10.2. The van der Waals surface area contributed by atoms with Crippen LogP contribution < -0.4 is 5.32 Å². The molecule has 2 rings (SSSR count). The number of amides is 1. The summed E-state index contributed by atoms with van der Waals surface area (Å²) in [4.78, 5) is 23.4. The maximum atomic E-state index is 11.7. The van der Waals surface area contributed by atoms with Gasteiger partial charge in [0.05, 0.1) is 9.75 Å². The fourth-order valence-corrected chi connectivity index (χ4v) is 2.59. The summed E-state index contributed by atoms with van der Waals surface area (Å²) < 4.78 is 0. The first kappa shape index (κ1) is 10.4. The van der Waals surface area contributed by atoms with E-state index in [1.165, 1.54) is 24.2 Å². The molecule has 1 fully saturated rings. The number of rotatable bonds is 3. The molecular formula is C11H13NO2S. The lowest BCUT2D eigenvalue weighted by Gasteiger charge is -2.10. The Bertz CT molecular complexity index is 366. The van der Waals surface area contributed by atoms with Gasteiger partial charge in [0.2, 0.25) is 0 Å². The number of carbonyl (C=O) groups excluding carboxylic acids is 2. The Morgan fingerprint density at radius 1 is 1.40 bits per heavy atom. The van der Waals surface area contributed by atoms with Crippen molar-refractivity contribution < 1.29 is 9.59 Å². The molecule has 1 aliphatic carbocycles. The zero-order valence-electron chi connectivity index (χ0n) is 8.36. The van der Waals surface area contributed by atoms with E-state index in [9.17, 15) is 9.59 Å². The van der Waals surface area contributed by atoms with Crippen LogP contribution in [0.2, 0.25) is 0 Å². The predicted molar refractivity (Wildman–Crippen MR) is 59.4 cm³/mol. The van der Waals surface area contributed by atoms with E-state index in [0.29, 0.717) is 15.8 Å². The molecule has 3 nitrogen and oxygen atoms in total. The zero-order valence-corrected chi connectivity index (χ0v) is 9.18. The molecule has 0 spiro atoms. The largest absolute Gasteiger partial charge is 0.349 e. The SMILES string of the molecule is O=Cc1ccc(C(=O)NC2CCCC2)s1. The van der Waals surface area contributed by atoms with Crippen LogP contribution in [0.1, 0.15) is 45.0 Å². The Kier molecular flexibility index (Phi) is 3.16. The molecule has 1 N–H and O–H groups in total. The van der Waals surface area contributed by atoms with Crippen molar-refractivity contribution in [3.05, 3.63) is 21.9 Å². The molecule has 0 radical (unpaired) electrons. The molecule has 1 amide bonds. The minimum Gasteiger partial charge on any atom is -0.349 e. The second-order valence-electron chi connectivity index (χ2n) is 3.77. The van der Waals surface area contributed by atoms with Crippen LogP contribution in [0.5, 0.6) is 0 Å². The zero-order chi connectivity index (χ0) is 10.7. The second-order valence-corrected chi connectivity index (χ2v) is 4.89. The minimum absolute atomic E-state index is 0.0417. The lowest BCUT2D eigenvalue weighted by Crippen LogP contribution is -2.31. The Balaban J connectivity index is 1.97. The Morgan fingerprint density at radius 2 is 2.13 bits per heavy atom. The standard InChI is InChI=1S/C11H13NO2S/c13-7-9-5-6-10(15-9)11(14)12-8-3-1-2-4-8/h5-8H,1-4H2,(H,12,14). The highest BCUT2D eigenvalue weighted by Gasteiger charge is 2.18. The first-order chi connectivity index (χ1) is 7.29. The van der Waals surface area contributed by atoms with E-state index in [-0.39, 0.29) is 5.91 Å². The van der Waals surface area contributed by atoms with Gasteiger partial charge >= 0.3 is 0 Å². The van der Waals surface area contributed by atoms with E-state index in [0.717, 1.165) is 19.1 Å². The van der Waals surface area contributed by atoms with Crippen LogP contribution in [0.4, 0.5) is 0 Å². The van der Waals surface area contributed by atoms with Crippen LogP contribution >= 0.6 is 11.3 Å². The van der Waals surface area contributed by atoms with Gasteiger partial charge in [0.25, 0.3) is 5.91 Å².